The topological polar surface area (TPSA) is 108 Å². The highest BCUT2D eigenvalue weighted by atomic mass is 32.2. The largest absolute Gasteiger partial charge is 0.379 e. The number of piperidine rings is 1. The zero-order valence-corrected chi connectivity index (χ0v) is 16.7. The standard InChI is InChI=1S/C18H26N4O5S/c1-14(23)19-16-4-6-17(7-5-16)20-18(24)15-3-2-8-22(13-15)28(25,26)21-9-11-27-12-10-21/h4-7,15H,2-3,8-13H2,1H3,(H,19,23)(H,20,24). The highest BCUT2D eigenvalue weighted by Crippen LogP contribution is 2.23. The number of anilines is 2. The molecule has 2 fully saturated rings. The lowest BCUT2D eigenvalue weighted by molar-refractivity contribution is -0.121. The molecule has 2 N–H and O–H groups in total. The van der Waals surface area contributed by atoms with Crippen molar-refractivity contribution in [3.05, 3.63) is 24.3 Å². The fourth-order valence-electron chi connectivity index (χ4n) is 3.39. The predicted molar refractivity (Wildman–Crippen MR) is 105 cm³/mol. The van der Waals surface area contributed by atoms with Crippen LogP contribution in [-0.4, -0.2) is 68.2 Å². The smallest absolute Gasteiger partial charge is 0.282 e. The Hall–Kier alpha value is -2.01. The summed E-state index contributed by atoms with van der Waals surface area (Å²) in [7, 11) is -3.58. The van der Waals surface area contributed by atoms with E-state index in [-0.39, 0.29) is 18.4 Å². The Balaban J connectivity index is 1.60. The van der Waals surface area contributed by atoms with E-state index in [9.17, 15) is 18.0 Å². The maximum atomic E-state index is 12.8. The van der Waals surface area contributed by atoms with Crippen LogP contribution >= 0.6 is 0 Å². The molecule has 0 saturated carbocycles. The van der Waals surface area contributed by atoms with Crippen molar-refractivity contribution in [1.29, 1.82) is 0 Å². The number of morpholine rings is 1. The summed E-state index contributed by atoms with van der Waals surface area (Å²) < 4.78 is 33.7. The van der Waals surface area contributed by atoms with Crippen molar-refractivity contribution in [3.63, 3.8) is 0 Å². The Morgan fingerprint density at radius 3 is 2.21 bits per heavy atom. The molecule has 2 saturated heterocycles. The maximum absolute atomic E-state index is 12.8. The summed E-state index contributed by atoms with van der Waals surface area (Å²) in [5.41, 5.74) is 1.25. The molecule has 3 rings (SSSR count). The fraction of sp³-hybridized carbons (Fsp3) is 0.556. The van der Waals surface area contributed by atoms with Crippen LogP contribution in [-0.2, 0) is 24.5 Å². The molecule has 2 aliphatic rings. The molecule has 0 aromatic heterocycles. The van der Waals surface area contributed by atoms with E-state index in [1.165, 1.54) is 15.5 Å². The molecule has 1 aromatic carbocycles. The monoisotopic (exact) mass is 410 g/mol. The van der Waals surface area contributed by atoms with Crippen LogP contribution in [0.4, 0.5) is 11.4 Å². The van der Waals surface area contributed by atoms with E-state index >= 15 is 0 Å². The predicted octanol–water partition coefficient (Wildman–Crippen LogP) is 0.873. The van der Waals surface area contributed by atoms with E-state index in [0.717, 1.165) is 0 Å². The van der Waals surface area contributed by atoms with Gasteiger partial charge in [0, 0.05) is 44.5 Å². The van der Waals surface area contributed by atoms with Gasteiger partial charge in [-0.15, -0.1) is 0 Å². The SMILES string of the molecule is CC(=O)Nc1ccc(NC(=O)C2CCCN(S(=O)(=O)N3CCOCC3)C2)cc1. The molecule has 1 unspecified atom stereocenters. The second-order valence-electron chi connectivity index (χ2n) is 6.96. The molecule has 1 atom stereocenters. The van der Waals surface area contributed by atoms with Gasteiger partial charge in [0.05, 0.1) is 19.1 Å². The van der Waals surface area contributed by atoms with Crippen LogP contribution in [0.1, 0.15) is 19.8 Å². The second kappa shape index (κ2) is 8.99. The molecule has 154 valence electrons. The minimum absolute atomic E-state index is 0.166. The molecule has 2 aliphatic heterocycles. The number of benzene rings is 1. The van der Waals surface area contributed by atoms with Gasteiger partial charge in [0.15, 0.2) is 0 Å². The quantitative estimate of drug-likeness (QED) is 0.749. The van der Waals surface area contributed by atoms with Crippen LogP contribution in [0.2, 0.25) is 0 Å². The number of amides is 2. The lowest BCUT2D eigenvalue weighted by Crippen LogP contribution is -2.52. The third kappa shape index (κ3) is 5.07. The van der Waals surface area contributed by atoms with Gasteiger partial charge in [-0.25, -0.2) is 0 Å². The maximum Gasteiger partial charge on any atom is 0.282 e. The summed E-state index contributed by atoms with van der Waals surface area (Å²) in [6, 6.07) is 6.81. The molecule has 0 bridgehead atoms. The number of carbonyl (C=O) groups is 2. The van der Waals surface area contributed by atoms with Crippen molar-refractivity contribution >= 4 is 33.4 Å². The zero-order chi connectivity index (χ0) is 20.1. The van der Waals surface area contributed by atoms with Gasteiger partial charge in [0.25, 0.3) is 10.2 Å². The third-order valence-electron chi connectivity index (χ3n) is 4.85. The van der Waals surface area contributed by atoms with Crippen LogP contribution in [0, 0.1) is 5.92 Å². The van der Waals surface area contributed by atoms with E-state index in [1.54, 1.807) is 24.3 Å². The van der Waals surface area contributed by atoms with Crippen molar-refractivity contribution in [2.24, 2.45) is 5.92 Å². The number of nitrogens with one attached hydrogen (secondary N) is 2. The molecule has 28 heavy (non-hydrogen) atoms. The lowest BCUT2D eigenvalue weighted by Gasteiger charge is -2.36. The molecule has 0 radical (unpaired) electrons. The first-order chi connectivity index (χ1) is 13.4. The highest BCUT2D eigenvalue weighted by molar-refractivity contribution is 7.86. The number of nitrogens with zero attached hydrogens (tertiary/aromatic N) is 2. The van der Waals surface area contributed by atoms with Crippen LogP contribution in [0.25, 0.3) is 0 Å². The molecule has 2 heterocycles. The van der Waals surface area contributed by atoms with Gasteiger partial charge < -0.3 is 15.4 Å². The summed E-state index contributed by atoms with van der Waals surface area (Å²) in [5.74, 6) is -0.769. The first kappa shape index (κ1) is 20.7. The Morgan fingerprint density at radius 1 is 1.00 bits per heavy atom. The first-order valence-corrected chi connectivity index (χ1v) is 10.8. The van der Waals surface area contributed by atoms with Crippen molar-refractivity contribution in [3.8, 4) is 0 Å². The average molecular weight is 410 g/mol. The minimum Gasteiger partial charge on any atom is -0.379 e. The van der Waals surface area contributed by atoms with Gasteiger partial charge in [0.1, 0.15) is 0 Å². The highest BCUT2D eigenvalue weighted by Gasteiger charge is 2.36. The van der Waals surface area contributed by atoms with Gasteiger partial charge in [-0.05, 0) is 37.1 Å². The van der Waals surface area contributed by atoms with Crippen LogP contribution in [0.5, 0.6) is 0 Å². The number of hydrogen-bond acceptors (Lipinski definition) is 5. The Morgan fingerprint density at radius 2 is 1.61 bits per heavy atom. The molecule has 9 nitrogen and oxygen atoms in total. The Kier molecular flexibility index (Phi) is 6.65. The molecule has 2 amide bonds. The van der Waals surface area contributed by atoms with E-state index in [2.05, 4.69) is 10.6 Å². The Labute approximate surface area is 165 Å². The van der Waals surface area contributed by atoms with Crippen LogP contribution in [0.15, 0.2) is 24.3 Å². The number of rotatable bonds is 5. The van der Waals surface area contributed by atoms with E-state index in [1.807, 2.05) is 0 Å². The zero-order valence-electron chi connectivity index (χ0n) is 15.9. The average Bonchev–Trinajstić information content (AvgIpc) is 2.70. The second-order valence-corrected chi connectivity index (χ2v) is 8.89. The van der Waals surface area contributed by atoms with Gasteiger partial charge in [-0.2, -0.15) is 17.0 Å². The van der Waals surface area contributed by atoms with Crippen molar-refractivity contribution in [1.82, 2.24) is 8.61 Å². The number of hydrogen-bond donors (Lipinski definition) is 2. The van der Waals surface area contributed by atoms with E-state index in [4.69, 9.17) is 4.74 Å². The summed E-state index contributed by atoms with van der Waals surface area (Å²) in [6.07, 6.45) is 1.29. The van der Waals surface area contributed by atoms with Gasteiger partial charge in [0.2, 0.25) is 11.8 Å². The van der Waals surface area contributed by atoms with Gasteiger partial charge in [-0.1, -0.05) is 0 Å². The Bertz CT molecular complexity index is 806. The normalized spacial score (nSPS) is 21.8. The van der Waals surface area contributed by atoms with Gasteiger partial charge in [-0.3, -0.25) is 9.59 Å². The van der Waals surface area contributed by atoms with Gasteiger partial charge >= 0.3 is 0 Å². The summed E-state index contributed by atoms with van der Waals surface area (Å²) >= 11 is 0. The van der Waals surface area contributed by atoms with E-state index < -0.39 is 16.1 Å². The summed E-state index contributed by atoms with van der Waals surface area (Å²) in [5, 5.41) is 5.50. The summed E-state index contributed by atoms with van der Waals surface area (Å²) in [4.78, 5) is 23.7. The number of carbonyl (C=O) groups excluding carboxylic acids is 2. The molecule has 1 aromatic rings. The van der Waals surface area contributed by atoms with Crippen molar-refractivity contribution in [2.75, 3.05) is 50.0 Å². The fourth-order valence-corrected chi connectivity index (χ4v) is 5.06. The van der Waals surface area contributed by atoms with Crippen molar-refractivity contribution < 1.29 is 22.7 Å². The lowest BCUT2D eigenvalue weighted by atomic mass is 9.98. The molecule has 0 aliphatic carbocycles. The molecule has 10 heteroatoms. The molecular formula is C18H26N4O5S. The number of ether oxygens (including phenoxy) is 1. The first-order valence-electron chi connectivity index (χ1n) is 9.38. The van der Waals surface area contributed by atoms with Crippen LogP contribution in [0.3, 0.4) is 0 Å². The minimum atomic E-state index is -3.58. The third-order valence-corrected chi connectivity index (χ3v) is 6.85. The summed E-state index contributed by atoms with van der Waals surface area (Å²) in [6.45, 7) is 3.50. The van der Waals surface area contributed by atoms with E-state index in [0.29, 0.717) is 57.1 Å². The van der Waals surface area contributed by atoms with Crippen LogP contribution < -0.4 is 10.6 Å². The molecular weight excluding hydrogens is 384 g/mol. The van der Waals surface area contributed by atoms with Crippen molar-refractivity contribution in [2.45, 2.75) is 19.8 Å². The molecule has 0 spiro atoms.